The Hall–Kier alpha value is -2.57. The highest BCUT2D eigenvalue weighted by Crippen LogP contribution is 2.04. The molecule has 0 bridgehead atoms. The van der Waals surface area contributed by atoms with E-state index >= 15 is 0 Å². The number of aryl methyl sites for hydroxylation is 1. The molecule has 2 heterocycles. The van der Waals surface area contributed by atoms with E-state index in [2.05, 4.69) is 30.0 Å². The van der Waals surface area contributed by atoms with Crippen molar-refractivity contribution in [3.8, 4) is 0 Å². The van der Waals surface area contributed by atoms with Crippen LogP contribution in [0.2, 0.25) is 0 Å². The molecular formula is C12H13N5O2. The highest BCUT2D eigenvalue weighted by atomic mass is 16.5. The van der Waals surface area contributed by atoms with Crippen molar-refractivity contribution < 1.29 is 9.53 Å². The van der Waals surface area contributed by atoms with Crippen LogP contribution in [0, 0.1) is 6.92 Å². The summed E-state index contributed by atoms with van der Waals surface area (Å²) in [7, 11) is 1.30. The first kappa shape index (κ1) is 12.9. The third-order valence-corrected chi connectivity index (χ3v) is 2.33. The Balaban J connectivity index is 1.96. The molecule has 0 aliphatic rings. The zero-order valence-electron chi connectivity index (χ0n) is 10.6. The number of aromatic nitrogens is 4. The quantitative estimate of drug-likeness (QED) is 0.818. The average Bonchev–Trinajstić information content (AvgIpc) is 2.46. The van der Waals surface area contributed by atoms with Gasteiger partial charge in [-0.3, -0.25) is 9.97 Å². The maximum Gasteiger partial charge on any atom is 0.358 e. The van der Waals surface area contributed by atoms with Crippen LogP contribution in [0.4, 0.5) is 5.82 Å². The van der Waals surface area contributed by atoms with E-state index in [9.17, 15) is 4.79 Å². The molecule has 2 aromatic rings. The normalized spacial score (nSPS) is 10.0. The van der Waals surface area contributed by atoms with Gasteiger partial charge in [-0.2, -0.15) is 0 Å². The Morgan fingerprint density at radius 3 is 2.58 bits per heavy atom. The minimum atomic E-state index is -0.511. The van der Waals surface area contributed by atoms with Crippen LogP contribution in [0.5, 0.6) is 0 Å². The topological polar surface area (TPSA) is 89.9 Å². The number of anilines is 1. The first-order valence-electron chi connectivity index (χ1n) is 5.61. The summed E-state index contributed by atoms with van der Waals surface area (Å²) >= 11 is 0. The lowest BCUT2D eigenvalue weighted by Crippen LogP contribution is -2.08. The predicted octanol–water partition coefficient (Wildman–Crippen LogP) is 0.974. The number of esters is 1. The number of rotatable bonds is 4. The van der Waals surface area contributed by atoms with Gasteiger partial charge in [0.05, 0.1) is 43.6 Å². The van der Waals surface area contributed by atoms with E-state index in [0.717, 1.165) is 11.4 Å². The predicted molar refractivity (Wildman–Crippen MR) is 67.5 cm³/mol. The van der Waals surface area contributed by atoms with Crippen molar-refractivity contribution >= 4 is 11.8 Å². The summed E-state index contributed by atoms with van der Waals surface area (Å²) < 4.78 is 4.54. The van der Waals surface area contributed by atoms with Crippen molar-refractivity contribution in [1.82, 2.24) is 19.9 Å². The Morgan fingerprint density at radius 1 is 1.16 bits per heavy atom. The van der Waals surface area contributed by atoms with Crippen molar-refractivity contribution in [2.24, 2.45) is 0 Å². The molecular weight excluding hydrogens is 246 g/mol. The molecule has 0 aliphatic carbocycles. The van der Waals surface area contributed by atoms with Crippen molar-refractivity contribution in [2.45, 2.75) is 13.5 Å². The molecule has 0 aliphatic heterocycles. The van der Waals surface area contributed by atoms with Crippen LogP contribution in [0.3, 0.4) is 0 Å². The molecule has 0 radical (unpaired) electrons. The summed E-state index contributed by atoms with van der Waals surface area (Å²) in [4.78, 5) is 27.5. The zero-order valence-corrected chi connectivity index (χ0v) is 10.6. The van der Waals surface area contributed by atoms with Gasteiger partial charge in [0, 0.05) is 6.20 Å². The van der Waals surface area contributed by atoms with Gasteiger partial charge in [-0.05, 0) is 6.92 Å². The van der Waals surface area contributed by atoms with Gasteiger partial charge < -0.3 is 10.1 Å². The van der Waals surface area contributed by atoms with Crippen LogP contribution < -0.4 is 5.32 Å². The second-order valence-electron chi connectivity index (χ2n) is 3.78. The fourth-order valence-electron chi connectivity index (χ4n) is 1.32. The molecule has 0 fully saturated rings. The average molecular weight is 259 g/mol. The van der Waals surface area contributed by atoms with Crippen LogP contribution in [-0.4, -0.2) is 33.0 Å². The van der Waals surface area contributed by atoms with Crippen molar-refractivity contribution in [3.63, 3.8) is 0 Å². The number of methoxy groups -OCH3 is 1. The summed E-state index contributed by atoms with van der Waals surface area (Å²) in [6, 6.07) is 0. The molecule has 0 spiro atoms. The second kappa shape index (κ2) is 5.85. The van der Waals surface area contributed by atoms with E-state index < -0.39 is 5.97 Å². The van der Waals surface area contributed by atoms with Gasteiger partial charge in [0.25, 0.3) is 0 Å². The van der Waals surface area contributed by atoms with Gasteiger partial charge in [-0.15, -0.1) is 0 Å². The molecule has 19 heavy (non-hydrogen) atoms. The highest BCUT2D eigenvalue weighted by Gasteiger charge is 2.07. The van der Waals surface area contributed by atoms with E-state index in [1.807, 2.05) is 6.92 Å². The molecule has 2 rings (SSSR count). The third-order valence-electron chi connectivity index (χ3n) is 2.33. The van der Waals surface area contributed by atoms with Crippen molar-refractivity contribution in [3.05, 3.63) is 41.9 Å². The van der Waals surface area contributed by atoms with Gasteiger partial charge in [0.2, 0.25) is 0 Å². The lowest BCUT2D eigenvalue weighted by atomic mass is 10.4. The van der Waals surface area contributed by atoms with E-state index in [4.69, 9.17) is 0 Å². The number of ether oxygens (including phenoxy) is 1. The first-order valence-corrected chi connectivity index (χ1v) is 5.61. The molecule has 2 aromatic heterocycles. The minimum absolute atomic E-state index is 0.170. The number of hydrogen-bond acceptors (Lipinski definition) is 7. The van der Waals surface area contributed by atoms with Gasteiger partial charge in [-0.25, -0.2) is 14.8 Å². The lowest BCUT2D eigenvalue weighted by Gasteiger charge is -2.05. The molecule has 0 unspecified atom stereocenters. The largest absolute Gasteiger partial charge is 0.464 e. The molecule has 0 saturated heterocycles. The molecule has 0 aromatic carbocycles. The SMILES string of the molecule is COC(=O)c1cnc(NCc2cnc(C)cn2)cn1. The summed E-state index contributed by atoms with van der Waals surface area (Å²) in [6.07, 6.45) is 6.21. The molecule has 0 atom stereocenters. The standard InChI is InChI=1S/C12H13N5O2/c1-8-3-14-9(4-13-8)5-16-11-7-15-10(6-17-11)12(18)19-2/h3-4,6-7H,5H2,1-2H3,(H,16,17). The van der Waals surface area contributed by atoms with E-state index in [0.29, 0.717) is 12.4 Å². The number of nitrogens with one attached hydrogen (secondary N) is 1. The smallest absolute Gasteiger partial charge is 0.358 e. The molecule has 98 valence electrons. The monoisotopic (exact) mass is 259 g/mol. The van der Waals surface area contributed by atoms with E-state index in [1.54, 1.807) is 12.4 Å². The zero-order chi connectivity index (χ0) is 13.7. The van der Waals surface area contributed by atoms with Gasteiger partial charge >= 0.3 is 5.97 Å². The Bertz CT molecular complexity index is 553. The fourth-order valence-corrected chi connectivity index (χ4v) is 1.32. The van der Waals surface area contributed by atoms with Gasteiger partial charge in [0.15, 0.2) is 5.69 Å². The molecule has 1 N–H and O–H groups in total. The minimum Gasteiger partial charge on any atom is -0.464 e. The van der Waals surface area contributed by atoms with Gasteiger partial charge in [-0.1, -0.05) is 0 Å². The molecule has 7 heteroatoms. The van der Waals surface area contributed by atoms with E-state index in [-0.39, 0.29) is 5.69 Å². The maximum atomic E-state index is 11.2. The van der Waals surface area contributed by atoms with E-state index in [1.165, 1.54) is 19.5 Å². The number of nitrogens with zero attached hydrogens (tertiary/aromatic N) is 4. The molecule has 0 saturated carbocycles. The van der Waals surface area contributed by atoms with Crippen molar-refractivity contribution in [2.75, 3.05) is 12.4 Å². The first-order chi connectivity index (χ1) is 9.19. The van der Waals surface area contributed by atoms with Crippen LogP contribution in [0.1, 0.15) is 21.9 Å². The fraction of sp³-hybridized carbons (Fsp3) is 0.250. The summed E-state index contributed by atoms with van der Waals surface area (Å²) in [5.74, 6) is 0.0403. The number of carbonyl (C=O) groups excluding carboxylic acids is 1. The number of carbonyl (C=O) groups is 1. The van der Waals surface area contributed by atoms with Crippen LogP contribution in [0.25, 0.3) is 0 Å². The summed E-state index contributed by atoms with van der Waals surface area (Å²) in [6.45, 7) is 2.36. The van der Waals surface area contributed by atoms with Crippen LogP contribution in [-0.2, 0) is 11.3 Å². The summed E-state index contributed by atoms with van der Waals surface area (Å²) in [5.41, 5.74) is 1.83. The maximum absolute atomic E-state index is 11.2. The molecule has 7 nitrogen and oxygen atoms in total. The van der Waals surface area contributed by atoms with Crippen LogP contribution in [0.15, 0.2) is 24.8 Å². The Morgan fingerprint density at radius 2 is 2.00 bits per heavy atom. The summed E-state index contributed by atoms with van der Waals surface area (Å²) in [5, 5.41) is 3.04. The van der Waals surface area contributed by atoms with Crippen LogP contribution >= 0.6 is 0 Å². The number of hydrogen-bond donors (Lipinski definition) is 1. The Kier molecular flexibility index (Phi) is 3.97. The second-order valence-corrected chi connectivity index (χ2v) is 3.78. The third kappa shape index (κ3) is 3.44. The Labute approximate surface area is 110 Å². The van der Waals surface area contributed by atoms with Crippen molar-refractivity contribution in [1.29, 1.82) is 0 Å². The molecule has 0 amide bonds. The lowest BCUT2D eigenvalue weighted by molar-refractivity contribution is 0.0593. The highest BCUT2D eigenvalue weighted by molar-refractivity contribution is 5.86. The van der Waals surface area contributed by atoms with Gasteiger partial charge in [0.1, 0.15) is 5.82 Å².